The number of carbonyl (C=O) groups excluding carboxylic acids is 1. The molecule has 98 valence electrons. The molecule has 3 N–H and O–H groups in total. The van der Waals surface area contributed by atoms with E-state index < -0.39 is 0 Å². The van der Waals surface area contributed by atoms with Gasteiger partial charge < -0.3 is 11.1 Å². The molecule has 1 aromatic carbocycles. The number of nitrogens with two attached hydrogens (primary N) is 1. The monoisotopic (exact) mass is 246 g/mol. The topological polar surface area (TPSA) is 55.1 Å². The highest BCUT2D eigenvalue weighted by Crippen LogP contribution is 2.29. The molecule has 0 heterocycles. The molecule has 0 saturated heterocycles. The first-order valence-electron chi connectivity index (χ1n) is 6.69. The second-order valence-corrected chi connectivity index (χ2v) is 5.51. The van der Waals surface area contributed by atoms with E-state index in [4.69, 9.17) is 5.73 Å². The van der Waals surface area contributed by atoms with E-state index in [1.165, 1.54) is 5.56 Å². The zero-order chi connectivity index (χ0) is 13.0. The molecule has 18 heavy (non-hydrogen) atoms. The molecule has 0 aromatic heterocycles. The number of benzene rings is 1. The third-order valence-electron chi connectivity index (χ3n) is 3.68. The van der Waals surface area contributed by atoms with Gasteiger partial charge in [0.05, 0.1) is 0 Å². The first kappa shape index (κ1) is 13.1. The zero-order valence-electron chi connectivity index (χ0n) is 11.0. The molecule has 1 fully saturated rings. The summed E-state index contributed by atoms with van der Waals surface area (Å²) in [5.74, 6) is 0.0703. The van der Waals surface area contributed by atoms with Gasteiger partial charge in [0.25, 0.3) is 0 Å². The van der Waals surface area contributed by atoms with Gasteiger partial charge in [-0.3, -0.25) is 4.79 Å². The molecule has 1 aliphatic rings. The van der Waals surface area contributed by atoms with E-state index >= 15 is 0 Å². The summed E-state index contributed by atoms with van der Waals surface area (Å²) in [5, 5.41) is 2.96. The van der Waals surface area contributed by atoms with Gasteiger partial charge in [0.15, 0.2) is 0 Å². The van der Waals surface area contributed by atoms with Crippen molar-refractivity contribution in [3.8, 4) is 0 Å². The number of rotatable bonds is 4. The maximum absolute atomic E-state index is 11.9. The Bertz CT molecular complexity index is 422. The lowest BCUT2D eigenvalue weighted by Gasteiger charge is -2.22. The molecule has 1 saturated carbocycles. The molecule has 2 rings (SSSR count). The Morgan fingerprint density at radius 2 is 2.11 bits per heavy atom. The van der Waals surface area contributed by atoms with E-state index in [1.54, 1.807) is 0 Å². The Labute approximate surface area is 109 Å². The number of hydrogen-bond acceptors (Lipinski definition) is 2. The van der Waals surface area contributed by atoms with E-state index in [0.29, 0.717) is 13.0 Å². The Morgan fingerprint density at radius 3 is 2.78 bits per heavy atom. The standard InChI is InChI=1S/C15H22N2O/c1-12-5-4-6-13(9-12)11-17-14(18)10-15(16)7-2-3-8-15/h4-6,9H,2-3,7-8,10-11,16H2,1H3,(H,17,18). The summed E-state index contributed by atoms with van der Waals surface area (Å²) in [7, 11) is 0. The second-order valence-electron chi connectivity index (χ2n) is 5.51. The van der Waals surface area contributed by atoms with Crippen LogP contribution >= 0.6 is 0 Å². The summed E-state index contributed by atoms with van der Waals surface area (Å²) in [6.07, 6.45) is 4.72. The summed E-state index contributed by atoms with van der Waals surface area (Å²) in [6, 6.07) is 8.19. The average molecular weight is 246 g/mol. The average Bonchev–Trinajstić information content (AvgIpc) is 2.73. The van der Waals surface area contributed by atoms with Crippen LogP contribution in [0.4, 0.5) is 0 Å². The highest BCUT2D eigenvalue weighted by atomic mass is 16.1. The molecule has 0 unspecified atom stereocenters. The lowest BCUT2D eigenvalue weighted by atomic mass is 9.94. The van der Waals surface area contributed by atoms with Crippen LogP contribution in [0.25, 0.3) is 0 Å². The molecule has 3 heteroatoms. The van der Waals surface area contributed by atoms with E-state index in [1.807, 2.05) is 12.1 Å². The third-order valence-corrected chi connectivity index (χ3v) is 3.68. The predicted octanol–water partition coefficient (Wildman–Crippen LogP) is 2.27. The minimum Gasteiger partial charge on any atom is -0.352 e. The number of nitrogens with one attached hydrogen (secondary N) is 1. The van der Waals surface area contributed by atoms with Gasteiger partial charge in [-0.2, -0.15) is 0 Å². The first-order valence-corrected chi connectivity index (χ1v) is 6.69. The van der Waals surface area contributed by atoms with Crippen LogP contribution in [0.2, 0.25) is 0 Å². The quantitative estimate of drug-likeness (QED) is 0.856. The Hall–Kier alpha value is -1.35. The fourth-order valence-electron chi connectivity index (χ4n) is 2.66. The van der Waals surface area contributed by atoms with Crippen molar-refractivity contribution in [2.24, 2.45) is 5.73 Å². The number of carbonyl (C=O) groups is 1. The van der Waals surface area contributed by atoms with Gasteiger partial charge >= 0.3 is 0 Å². The molecule has 0 aliphatic heterocycles. The van der Waals surface area contributed by atoms with Gasteiger partial charge in [-0.25, -0.2) is 0 Å². The largest absolute Gasteiger partial charge is 0.352 e. The van der Waals surface area contributed by atoms with Crippen molar-refractivity contribution in [2.45, 2.75) is 51.1 Å². The molecule has 3 nitrogen and oxygen atoms in total. The van der Waals surface area contributed by atoms with Gasteiger partial charge in [0, 0.05) is 18.5 Å². The SMILES string of the molecule is Cc1cccc(CNC(=O)CC2(N)CCCC2)c1. The van der Waals surface area contributed by atoms with Crippen LogP contribution in [-0.4, -0.2) is 11.4 Å². The Balaban J connectivity index is 1.81. The second kappa shape index (κ2) is 5.53. The van der Waals surface area contributed by atoms with Crippen molar-refractivity contribution < 1.29 is 4.79 Å². The van der Waals surface area contributed by atoms with Gasteiger partial charge in [0.1, 0.15) is 0 Å². The smallest absolute Gasteiger partial charge is 0.222 e. The predicted molar refractivity (Wildman–Crippen MR) is 73.0 cm³/mol. The molecule has 0 radical (unpaired) electrons. The number of amides is 1. The van der Waals surface area contributed by atoms with Crippen molar-refractivity contribution in [1.29, 1.82) is 0 Å². The first-order chi connectivity index (χ1) is 8.57. The molecule has 0 spiro atoms. The maximum atomic E-state index is 11.9. The van der Waals surface area contributed by atoms with Crippen molar-refractivity contribution in [2.75, 3.05) is 0 Å². The Kier molecular flexibility index (Phi) is 4.02. The third kappa shape index (κ3) is 3.57. The maximum Gasteiger partial charge on any atom is 0.222 e. The molecule has 1 amide bonds. The number of hydrogen-bond donors (Lipinski definition) is 2. The summed E-state index contributed by atoms with van der Waals surface area (Å²) >= 11 is 0. The lowest BCUT2D eigenvalue weighted by molar-refractivity contribution is -0.122. The van der Waals surface area contributed by atoms with E-state index in [2.05, 4.69) is 24.4 Å². The molecular formula is C15H22N2O. The zero-order valence-corrected chi connectivity index (χ0v) is 11.0. The Morgan fingerprint density at radius 1 is 1.39 bits per heavy atom. The number of aryl methyl sites for hydroxylation is 1. The van der Waals surface area contributed by atoms with Crippen LogP contribution in [0.1, 0.15) is 43.2 Å². The molecule has 1 aromatic rings. The van der Waals surface area contributed by atoms with Crippen LogP contribution < -0.4 is 11.1 Å². The van der Waals surface area contributed by atoms with Gasteiger partial charge in [-0.15, -0.1) is 0 Å². The van der Waals surface area contributed by atoms with Gasteiger partial charge in [0.2, 0.25) is 5.91 Å². The van der Waals surface area contributed by atoms with Crippen molar-refractivity contribution in [3.05, 3.63) is 35.4 Å². The molecule has 1 aliphatic carbocycles. The van der Waals surface area contributed by atoms with Crippen LogP contribution in [0, 0.1) is 6.92 Å². The van der Waals surface area contributed by atoms with Crippen LogP contribution in [0.3, 0.4) is 0 Å². The summed E-state index contributed by atoms with van der Waals surface area (Å²) < 4.78 is 0. The summed E-state index contributed by atoms with van der Waals surface area (Å²) in [6.45, 7) is 2.65. The molecular weight excluding hydrogens is 224 g/mol. The van der Waals surface area contributed by atoms with Gasteiger partial charge in [-0.1, -0.05) is 42.7 Å². The van der Waals surface area contributed by atoms with Crippen LogP contribution in [-0.2, 0) is 11.3 Å². The van der Waals surface area contributed by atoms with Crippen LogP contribution in [0.5, 0.6) is 0 Å². The fourth-order valence-corrected chi connectivity index (χ4v) is 2.66. The minimum absolute atomic E-state index is 0.0703. The van der Waals surface area contributed by atoms with Crippen molar-refractivity contribution in [3.63, 3.8) is 0 Å². The lowest BCUT2D eigenvalue weighted by Crippen LogP contribution is -2.42. The van der Waals surface area contributed by atoms with Crippen LogP contribution in [0.15, 0.2) is 24.3 Å². The molecule has 0 bridgehead atoms. The normalized spacial score (nSPS) is 17.7. The van der Waals surface area contributed by atoms with E-state index in [0.717, 1.165) is 31.2 Å². The summed E-state index contributed by atoms with van der Waals surface area (Å²) in [4.78, 5) is 11.9. The van der Waals surface area contributed by atoms with Crippen molar-refractivity contribution in [1.82, 2.24) is 5.32 Å². The van der Waals surface area contributed by atoms with Gasteiger partial charge in [-0.05, 0) is 25.3 Å². The highest BCUT2D eigenvalue weighted by molar-refractivity contribution is 5.77. The minimum atomic E-state index is -0.253. The fraction of sp³-hybridized carbons (Fsp3) is 0.533. The van der Waals surface area contributed by atoms with Crippen molar-refractivity contribution >= 4 is 5.91 Å². The molecule has 0 atom stereocenters. The van der Waals surface area contributed by atoms with E-state index in [-0.39, 0.29) is 11.4 Å². The summed E-state index contributed by atoms with van der Waals surface area (Å²) in [5.41, 5.74) is 8.29. The van der Waals surface area contributed by atoms with E-state index in [9.17, 15) is 4.79 Å². The highest BCUT2D eigenvalue weighted by Gasteiger charge is 2.31.